The Morgan fingerprint density at radius 3 is 1.40 bits per heavy atom. The van der Waals surface area contributed by atoms with Crippen molar-refractivity contribution in [2.45, 2.75) is 116 Å². The molecule has 0 aromatic heterocycles. The number of ether oxygens (including phenoxy) is 4. The zero-order chi connectivity index (χ0) is 52.7. The summed E-state index contributed by atoms with van der Waals surface area (Å²) in [5.74, 6) is -13.8. The smallest absolute Gasteiger partial charge is 0.108 e. The van der Waals surface area contributed by atoms with Gasteiger partial charge in [-0.3, -0.25) is 0 Å². The second kappa shape index (κ2) is 28.1. The van der Waals surface area contributed by atoms with Crippen LogP contribution in [0.25, 0.3) is 0 Å². The van der Waals surface area contributed by atoms with E-state index in [1.165, 1.54) is 19.1 Å². The van der Waals surface area contributed by atoms with Gasteiger partial charge >= 0.3 is 362 Å². The number of para-hydroxylation sites is 2. The molecule has 386 valence electrons. The summed E-state index contributed by atoms with van der Waals surface area (Å²) in [4.78, 5) is 24.4. The van der Waals surface area contributed by atoms with Gasteiger partial charge in [-0.15, -0.1) is 0 Å². The average molecular weight is 1370 g/mol. The minimum absolute atomic E-state index is 0.0345. The van der Waals surface area contributed by atoms with Crippen molar-refractivity contribution in [3.63, 3.8) is 0 Å². The number of halogens is 5. The Balaban J connectivity index is 0.000000305. The van der Waals surface area contributed by atoms with Gasteiger partial charge in [-0.1, -0.05) is 0 Å². The Kier molecular flexibility index (Phi) is 24.4. The number of nitriles is 2. The van der Waals surface area contributed by atoms with E-state index >= 15 is 0 Å². The molecule has 0 radical (unpaired) electrons. The molecule has 0 spiro atoms. The molecule has 17 nitrogen and oxygen atoms in total. The molecule has 5 N–H and O–H groups in total. The maximum atomic E-state index is 14.1. The molecule has 0 saturated carbocycles. The number of carbonyl (C=O) groups excluding carboxylic acids is 2. The third kappa shape index (κ3) is 17.6. The molecule has 2 saturated heterocycles. The molecule has 0 bridgehead atoms. The Morgan fingerprint density at radius 1 is 0.657 bits per heavy atom. The number of esters is 2. The van der Waals surface area contributed by atoms with E-state index in [0.29, 0.717) is 24.6 Å². The average Bonchev–Trinajstić information content (AvgIpc) is 3.75. The normalized spacial score (nSPS) is 24.2. The van der Waals surface area contributed by atoms with Crippen molar-refractivity contribution in [2.75, 3.05) is 13.2 Å². The largest absolute Gasteiger partial charge is 0.394 e. The molecule has 12 atom stereocenters. The van der Waals surface area contributed by atoms with Gasteiger partial charge in [-0.2, -0.15) is 5.26 Å². The molecule has 26 heteroatoms. The van der Waals surface area contributed by atoms with Crippen LogP contribution in [-0.4, -0.2) is 101 Å². The first kappa shape index (κ1) is 60.8. The van der Waals surface area contributed by atoms with E-state index in [0.717, 1.165) is 18.8 Å². The van der Waals surface area contributed by atoms with Crippen molar-refractivity contribution in [1.29, 1.82) is 10.5 Å². The number of aliphatic hydroxyl groups excluding tert-OH is 3. The predicted octanol–water partition coefficient (Wildman–Crippen LogP) is 6.78. The van der Waals surface area contributed by atoms with Gasteiger partial charge in [-0.25, -0.2) is 0 Å². The van der Waals surface area contributed by atoms with Crippen LogP contribution >= 0.6 is 11.0 Å². The fourth-order valence-electron chi connectivity index (χ4n) is 6.16. The first-order valence-electron chi connectivity index (χ1n) is 21.4. The molecule has 2 heterocycles. The van der Waals surface area contributed by atoms with Gasteiger partial charge in [-0.05, 0) is 6.92 Å². The summed E-state index contributed by atoms with van der Waals surface area (Å²) in [5.41, 5.74) is -6.29. The number of hydrogen-bond donors (Lipinski definition) is 5. The number of carbonyl (C=O) groups is 2. The number of hydrogen-bond acceptors (Lipinski definition) is 17. The molecular weight excluding hydrogens is 1320 g/mol. The number of nitrogens with one attached hydrogen (secondary N) is 2. The molecule has 3 aromatic carbocycles. The Hall–Kier alpha value is -3.45. The second-order valence-electron chi connectivity index (χ2n) is 16.0. The summed E-state index contributed by atoms with van der Waals surface area (Å²) >= 11 is 1.40. The summed E-state index contributed by atoms with van der Waals surface area (Å²) in [5, 5.41) is 51.9. The van der Waals surface area contributed by atoms with Crippen molar-refractivity contribution < 1.29 is 122 Å². The van der Waals surface area contributed by atoms with Crippen LogP contribution in [0, 0.1) is 63.6 Å². The van der Waals surface area contributed by atoms with Crippen molar-refractivity contribution in [3.8, 4) is 29.4 Å². The van der Waals surface area contributed by atoms with Crippen molar-refractivity contribution >= 4 is 22.9 Å². The van der Waals surface area contributed by atoms with Crippen LogP contribution in [0.1, 0.15) is 55.4 Å². The summed E-state index contributed by atoms with van der Waals surface area (Å²) in [6.45, 7) is 13.2. The number of aliphatic hydroxyl groups is 3. The van der Waals surface area contributed by atoms with Crippen LogP contribution in [0.2, 0.25) is 0 Å². The molecule has 3 aromatic rings. The number of nitrogens with zero attached hydrogens (tertiary/aromatic N) is 2. The van der Waals surface area contributed by atoms with Crippen LogP contribution in [-0.2, 0) is 70.7 Å². The zero-order valence-electron chi connectivity index (χ0n) is 39.0. The van der Waals surface area contributed by atoms with Crippen molar-refractivity contribution in [2.24, 2.45) is 11.8 Å². The van der Waals surface area contributed by atoms with Crippen molar-refractivity contribution in [1.82, 2.24) is 10.2 Å². The van der Waals surface area contributed by atoms with E-state index in [4.69, 9.17) is 47.4 Å². The van der Waals surface area contributed by atoms with Gasteiger partial charge in [0, 0.05) is 0 Å². The Labute approximate surface area is 423 Å². The Morgan fingerprint density at radius 2 is 1.03 bits per heavy atom. The molecule has 2 fully saturated rings. The first-order chi connectivity index (χ1) is 32.8. The molecule has 0 aliphatic carbocycles. The summed E-state index contributed by atoms with van der Waals surface area (Å²) < 4.78 is 113. The maximum absolute atomic E-state index is 14.1. The summed E-state index contributed by atoms with van der Waals surface area (Å²) in [6.07, 6.45) is -4.37. The SMILES string of the molecule is CC(C)OC(=O)C(C)N[P](=[W])(OC[C@H]1O[C@@H](C)[C@H](C#N)[C@@H]1O)Oc1ccccc1.CC(C)OC(=O)C(C)N[P](=[W])(Oc1ccccc1)Oc1c(F)c(F)c(F)c(F)c1F.C[C@@H]1O[C@H](CO)[C@@H](O)[C@H]1C#N. The fraction of sp³-hybridized carbons (Fsp3) is 0.500. The van der Waals surface area contributed by atoms with Gasteiger partial charge < -0.3 is 14.9 Å². The molecule has 2 aliphatic rings. The van der Waals surface area contributed by atoms with Gasteiger partial charge in [0.15, 0.2) is 0 Å². The number of benzene rings is 3. The number of rotatable bonds is 18. The minimum atomic E-state index is -3.58. The molecule has 4 unspecified atom stereocenters. The zero-order valence-corrected chi connectivity index (χ0v) is 46.7. The predicted molar refractivity (Wildman–Crippen MR) is 234 cm³/mol. The topological polar surface area (TPSA) is 240 Å². The van der Waals surface area contributed by atoms with E-state index in [1.54, 1.807) is 78.8 Å². The molecule has 2 aliphatic heterocycles. The van der Waals surface area contributed by atoms with Crippen LogP contribution in [0.15, 0.2) is 60.7 Å². The molecule has 5 rings (SSSR count). The quantitative estimate of drug-likeness (QED) is 0.0290. The van der Waals surface area contributed by atoms with Crippen LogP contribution in [0.3, 0.4) is 0 Å². The van der Waals surface area contributed by atoms with E-state index in [2.05, 4.69) is 16.2 Å². The molecular formula is C44H55F5N4O13P2W2. The molecule has 0 amide bonds. The fourth-order valence-corrected chi connectivity index (χ4v) is 15.9. The standard InChI is InChI=1S/C19H27N2O6P.C18H17F5NO4P.C7H11NO3.2W/c1-12(2)25-19(23)13(3)21-28(27-15-8-6-5-7-9-15)24-11-17-18(22)16(10-20)14(4)26-17;1-9(2)26-18(25)10(3)24-29(27-11-7-5-4-6-8-11)28-17-15(22)13(20)12(19)14(21)16(17)23;1-4-5(2-8)7(10)6(3-9)11-4;;/h5-9,12-14,16-18,21-22H,11H2,1-4H3;4-10,24H,1-3H3;4-7,9-10H,3H2,1H3;;/t13?,14-,16-,17+,18-,28?;;4-,5-,6+,7-;;/m0.0../s1. The third-order valence-electron chi connectivity index (χ3n) is 9.61. The first-order valence-corrected chi connectivity index (χ1v) is 32.3. The summed E-state index contributed by atoms with van der Waals surface area (Å²) in [7, 11) is 0. The monoisotopic (exact) mass is 1370 g/mol. The molecule has 70 heavy (non-hydrogen) atoms. The summed E-state index contributed by atoms with van der Waals surface area (Å²) in [6, 6.07) is 19.3. The van der Waals surface area contributed by atoms with Gasteiger partial charge in [0.1, 0.15) is 18.1 Å². The van der Waals surface area contributed by atoms with Crippen LogP contribution < -0.4 is 23.7 Å². The third-order valence-corrected chi connectivity index (χ3v) is 18.6. The van der Waals surface area contributed by atoms with E-state index in [-0.39, 0.29) is 37.3 Å². The van der Waals surface area contributed by atoms with Gasteiger partial charge in [0.25, 0.3) is 0 Å². The Bertz CT molecular complexity index is 2360. The maximum Gasteiger partial charge on any atom is 0.108 e. The van der Waals surface area contributed by atoms with Gasteiger partial charge in [0.05, 0.1) is 18.8 Å². The van der Waals surface area contributed by atoms with Crippen molar-refractivity contribution in [3.05, 3.63) is 89.7 Å². The second-order valence-corrected chi connectivity index (χ2v) is 29.7. The van der Waals surface area contributed by atoms with Crippen LogP contribution in [0.4, 0.5) is 22.0 Å². The van der Waals surface area contributed by atoms with Gasteiger partial charge in [0.2, 0.25) is 0 Å². The van der Waals surface area contributed by atoms with E-state index < -0.39 is 112 Å². The van der Waals surface area contributed by atoms with Crippen LogP contribution in [0.5, 0.6) is 17.2 Å². The van der Waals surface area contributed by atoms with E-state index in [1.807, 2.05) is 24.3 Å². The van der Waals surface area contributed by atoms with E-state index in [9.17, 15) is 47.0 Å². The minimum Gasteiger partial charge on any atom is -0.394 e.